The summed E-state index contributed by atoms with van der Waals surface area (Å²) in [6.45, 7) is 5.01. The third kappa shape index (κ3) is 2.93. The molecule has 0 radical (unpaired) electrons. The van der Waals surface area contributed by atoms with E-state index >= 15 is 0 Å². The molecule has 1 unspecified atom stereocenters. The Morgan fingerprint density at radius 2 is 2.00 bits per heavy atom. The number of benzene rings is 1. The molecule has 1 amide bonds. The number of hydrogen-bond acceptors (Lipinski definition) is 3. The fourth-order valence-electron chi connectivity index (χ4n) is 2.86. The molecular weight excluding hydrogens is 257 g/mol. The second-order valence-corrected chi connectivity index (χ2v) is 5.62. The van der Waals surface area contributed by atoms with Gasteiger partial charge in [-0.2, -0.15) is 0 Å². The van der Waals surface area contributed by atoms with Crippen molar-refractivity contribution >= 4 is 11.6 Å². The van der Waals surface area contributed by atoms with Gasteiger partial charge >= 0.3 is 0 Å². The van der Waals surface area contributed by atoms with Crippen molar-refractivity contribution in [2.24, 2.45) is 5.73 Å². The first-order valence-electron chi connectivity index (χ1n) is 7.00. The number of likely N-dealkylation sites (tertiary alicyclic amines) is 1. The maximum atomic E-state index is 13.6. The van der Waals surface area contributed by atoms with Gasteiger partial charge in [0.15, 0.2) is 0 Å². The van der Waals surface area contributed by atoms with Crippen LogP contribution in [0.5, 0.6) is 0 Å². The number of nitrogen functional groups attached to an aromatic ring is 1. The molecule has 4 N–H and O–H groups in total. The third-order valence-electron chi connectivity index (χ3n) is 4.02. The molecule has 20 heavy (non-hydrogen) atoms. The maximum Gasteiger partial charge on any atom is 0.239 e. The summed E-state index contributed by atoms with van der Waals surface area (Å²) in [4.78, 5) is 13.6. The first-order valence-corrected chi connectivity index (χ1v) is 7.00. The average Bonchev–Trinajstić information content (AvgIpc) is 2.42. The van der Waals surface area contributed by atoms with Gasteiger partial charge in [0.25, 0.3) is 0 Å². The van der Waals surface area contributed by atoms with Crippen LogP contribution >= 0.6 is 0 Å². The van der Waals surface area contributed by atoms with Crippen LogP contribution in [0.2, 0.25) is 0 Å². The SMILES string of the molecule is Cc1cc(N)c(F)cc1C1CCN(C(=O)C(C)N)CC1. The highest BCUT2D eigenvalue weighted by molar-refractivity contribution is 5.81. The van der Waals surface area contributed by atoms with Crippen molar-refractivity contribution in [3.05, 3.63) is 29.1 Å². The van der Waals surface area contributed by atoms with Crippen molar-refractivity contribution in [3.8, 4) is 0 Å². The van der Waals surface area contributed by atoms with Crippen LogP contribution in [0.3, 0.4) is 0 Å². The summed E-state index contributed by atoms with van der Waals surface area (Å²) in [6.07, 6.45) is 1.67. The zero-order valence-corrected chi connectivity index (χ0v) is 12.0. The number of nitrogens with two attached hydrogens (primary N) is 2. The molecule has 0 aromatic heterocycles. The van der Waals surface area contributed by atoms with Crippen molar-refractivity contribution < 1.29 is 9.18 Å². The Bertz CT molecular complexity index is 508. The van der Waals surface area contributed by atoms with Crippen molar-refractivity contribution in [3.63, 3.8) is 0 Å². The predicted octanol–water partition coefficient (Wildman–Crippen LogP) is 1.77. The van der Waals surface area contributed by atoms with Gasteiger partial charge in [0.2, 0.25) is 5.91 Å². The van der Waals surface area contributed by atoms with E-state index in [4.69, 9.17) is 11.5 Å². The van der Waals surface area contributed by atoms with Crippen LogP contribution in [0.1, 0.15) is 36.8 Å². The summed E-state index contributed by atoms with van der Waals surface area (Å²) in [5, 5.41) is 0. The Hall–Kier alpha value is -1.62. The van der Waals surface area contributed by atoms with E-state index in [1.54, 1.807) is 24.0 Å². The molecule has 1 atom stereocenters. The fraction of sp³-hybridized carbons (Fsp3) is 0.533. The zero-order valence-electron chi connectivity index (χ0n) is 12.0. The number of halogens is 1. The van der Waals surface area contributed by atoms with E-state index in [2.05, 4.69) is 0 Å². The summed E-state index contributed by atoms with van der Waals surface area (Å²) < 4.78 is 13.6. The highest BCUT2D eigenvalue weighted by atomic mass is 19.1. The van der Waals surface area contributed by atoms with Crippen molar-refractivity contribution in [2.45, 2.75) is 38.6 Å². The monoisotopic (exact) mass is 279 g/mol. The molecule has 5 heteroatoms. The molecule has 1 aromatic carbocycles. The molecule has 0 aliphatic carbocycles. The van der Waals surface area contributed by atoms with Gasteiger partial charge < -0.3 is 16.4 Å². The summed E-state index contributed by atoms with van der Waals surface area (Å²) in [7, 11) is 0. The number of piperidine rings is 1. The molecule has 0 saturated carbocycles. The fourth-order valence-corrected chi connectivity index (χ4v) is 2.86. The summed E-state index contributed by atoms with van der Waals surface area (Å²) in [6, 6.07) is 2.77. The van der Waals surface area contributed by atoms with Crippen LogP contribution in [0.25, 0.3) is 0 Å². The van der Waals surface area contributed by atoms with E-state index < -0.39 is 6.04 Å². The lowest BCUT2D eigenvalue weighted by molar-refractivity contribution is -0.133. The van der Waals surface area contributed by atoms with Crippen LogP contribution in [0, 0.1) is 12.7 Å². The lowest BCUT2D eigenvalue weighted by atomic mass is 9.86. The standard InChI is InChI=1S/C15H22FN3O/c1-9-7-14(18)13(16)8-12(9)11-3-5-19(6-4-11)15(20)10(2)17/h7-8,10-11H,3-6,17-18H2,1-2H3. The molecular formula is C15H22FN3O. The molecule has 0 bridgehead atoms. The quantitative estimate of drug-likeness (QED) is 0.810. The van der Waals surface area contributed by atoms with Gasteiger partial charge in [-0.05, 0) is 55.9 Å². The van der Waals surface area contributed by atoms with Gasteiger partial charge in [0.1, 0.15) is 5.82 Å². The van der Waals surface area contributed by atoms with Crippen LogP contribution in [-0.4, -0.2) is 29.9 Å². The van der Waals surface area contributed by atoms with Gasteiger partial charge in [-0.15, -0.1) is 0 Å². The Kier molecular flexibility index (Phi) is 4.28. The molecule has 1 saturated heterocycles. The molecule has 1 aliphatic rings. The van der Waals surface area contributed by atoms with E-state index in [0.717, 1.165) is 24.0 Å². The average molecular weight is 279 g/mol. The number of carbonyl (C=O) groups excluding carboxylic acids is 1. The van der Waals surface area contributed by atoms with Gasteiger partial charge in [-0.3, -0.25) is 4.79 Å². The van der Waals surface area contributed by atoms with E-state index in [-0.39, 0.29) is 23.3 Å². The van der Waals surface area contributed by atoms with Crippen LogP contribution in [-0.2, 0) is 4.79 Å². The first kappa shape index (κ1) is 14.8. The second kappa shape index (κ2) is 5.79. The van der Waals surface area contributed by atoms with Crippen molar-refractivity contribution in [1.82, 2.24) is 4.90 Å². The van der Waals surface area contributed by atoms with Gasteiger partial charge in [0.05, 0.1) is 11.7 Å². The van der Waals surface area contributed by atoms with Crippen molar-refractivity contribution in [1.29, 1.82) is 0 Å². The van der Waals surface area contributed by atoms with Crippen LogP contribution in [0.4, 0.5) is 10.1 Å². The number of aryl methyl sites for hydroxylation is 1. The molecule has 1 aromatic rings. The molecule has 1 heterocycles. The summed E-state index contributed by atoms with van der Waals surface area (Å²) in [5.74, 6) is -0.0921. The molecule has 2 rings (SSSR count). The molecule has 0 spiro atoms. The molecule has 1 fully saturated rings. The minimum atomic E-state index is -0.456. The normalized spacial score (nSPS) is 18.1. The predicted molar refractivity (Wildman–Crippen MR) is 77.8 cm³/mol. The Morgan fingerprint density at radius 1 is 1.40 bits per heavy atom. The Balaban J connectivity index is 2.08. The third-order valence-corrected chi connectivity index (χ3v) is 4.02. The Morgan fingerprint density at radius 3 is 2.55 bits per heavy atom. The smallest absolute Gasteiger partial charge is 0.239 e. The van der Waals surface area contributed by atoms with E-state index in [1.807, 2.05) is 6.92 Å². The lowest BCUT2D eigenvalue weighted by Crippen LogP contribution is -2.45. The van der Waals surface area contributed by atoms with Crippen LogP contribution < -0.4 is 11.5 Å². The minimum absolute atomic E-state index is 0.0105. The van der Waals surface area contributed by atoms with Crippen molar-refractivity contribution in [2.75, 3.05) is 18.8 Å². The lowest BCUT2D eigenvalue weighted by Gasteiger charge is -2.33. The zero-order chi connectivity index (χ0) is 14.9. The van der Waals surface area contributed by atoms with Gasteiger partial charge in [0, 0.05) is 13.1 Å². The first-order chi connectivity index (χ1) is 9.40. The van der Waals surface area contributed by atoms with E-state index in [1.165, 1.54) is 0 Å². The number of carbonyl (C=O) groups is 1. The largest absolute Gasteiger partial charge is 0.396 e. The van der Waals surface area contributed by atoms with Crippen LogP contribution in [0.15, 0.2) is 12.1 Å². The number of anilines is 1. The summed E-state index contributed by atoms with van der Waals surface area (Å²) in [5.41, 5.74) is 13.4. The molecule has 1 aliphatic heterocycles. The maximum absolute atomic E-state index is 13.6. The molecule has 4 nitrogen and oxygen atoms in total. The van der Waals surface area contributed by atoms with E-state index in [0.29, 0.717) is 13.1 Å². The van der Waals surface area contributed by atoms with E-state index in [9.17, 15) is 9.18 Å². The number of amides is 1. The number of hydrogen-bond donors (Lipinski definition) is 2. The van der Waals surface area contributed by atoms with Gasteiger partial charge in [-0.1, -0.05) is 0 Å². The molecule has 110 valence electrons. The second-order valence-electron chi connectivity index (χ2n) is 5.62. The number of nitrogens with zero attached hydrogens (tertiary/aromatic N) is 1. The number of rotatable bonds is 2. The van der Waals surface area contributed by atoms with Gasteiger partial charge in [-0.25, -0.2) is 4.39 Å². The minimum Gasteiger partial charge on any atom is -0.396 e. The highest BCUT2D eigenvalue weighted by Gasteiger charge is 2.26. The Labute approximate surface area is 118 Å². The highest BCUT2D eigenvalue weighted by Crippen LogP contribution is 2.32. The summed E-state index contributed by atoms with van der Waals surface area (Å²) >= 11 is 0. The topological polar surface area (TPSA) is 72.3 Å².